The third-order valence-electron chi connectivity index (χ3n) is 9.91. The third kappa shape index (κ3) is 9.67. The molecule has 1 aliphatic carbocycles. The van der Waals surface area contributed by atoms with Crippen LogP contribution in [0.4, 0.5) is 0 Å². The average molecular weight is 696 g/mol. The van der Waals surface area contributed by atoms with Crippen LogP contribution in [0.2, 0.25) is 0 Å². The summed E-state index contributed by atoms with van der Waals surface area (Å²) in [7, 11) is -3.26. The van der Waals surface area contributed by atoms with Crippen molar-refractivity contribution in [3.05, 3.63) is 57.8 Å². The van der Waals surface area contributed by atoms with E-state index in [1.54, 1.807) is 17.4 Å². The van der Waals surface area contributed by atoms with E-state index in [0.717, 1.165) is 42.4 Å². The van der Waals surface area contributed by atoms with Gasteiger partial charge in [-0.3, -0.25) is 9.59 Å². The molecule has 10 nitrogen and oxygen atoms in total. The summed E-state index contributed by atoms with van der Waals surface area (Å²) in [4.78, 5) is 38.3. The van der Waals surface area contributed by atoms with E-state index in [-0.39, 0.29) is 23.7 Å². The van der Waals surface area contributed by atoms with Crippen molar-refractivity contribution in [3.63, 3.8) is 0 Å². The zero-order chi connectivity index (χ0) is 34.1. The average Bonchev–Trinajstić information content (AvgIpc) is 3.75. The number of ketones is 1. The van der Waals surface area contributed by atoms with Crippen molar-refractivity contribution in [1.29, 1.82) is 5.26 Å². The van der Waals surface area contributed by atoms with Crippen LogP contribution in [0.25, 0.3) is 0 Å². The molecular weight excluding hydrogens is 647 g/mol. The number of sulfonamides is 1. The number of aliphatic imine (C=N–C) groups is 1. The van der Waals surface area contributed by atoms with Gasteiger partial charge in [-0.2, -0.15) is 5.26 Å². The van der Waals surface area contributed by atoms with Gasteiger partial charge in [-0.05, 0) is 56.0 Å². The number of hydrogen-bond donors (Lipinski definition) is 1. The Kier molecular flexibility index (Phi) is 12.7. The highest BCUT2D eigenvalue weighted by atomic mass is 32.2. The molecule has 3 aliphatic rings. The molecule has 48 heavy (non-hydrogen) atoms. The van der Waals surface area contributed by atoms with E-state index in [0.29, 0.717) is 69.4 Å². The highest BCUT2D eigenvalue weighted by molar-refractivity contribution is 7.88. The number of nitriles is 1. The van der Waals surface area contributed by atoms with Crippen molar-refractivity contribution >= 4 is 39.1 Å². The lowest BCUT2D eigenvalue weighted by atomic mass is 9.80. The van der Waals surface area contributed by atoms with E-state index in [2.05, 4.69) is 10.8 Å². The second kappa shape index (κ2) is 16.9. The van der Waals surface area contributed by atoms with Gasteiger partial charge in [-0.1, -0.05) is 62.8 Å². The van der Waals surface area contributed by atoms with Crippen molar-refractivity contribution in [2.24, 2.45) is 16.8 Å². The number of ether oxygens (including phenoxy) is 1. The van der Waals surface area contributed by atoms with Crippen molar-refractivity contribution in [2.75, 3.05) is 32.4 Å². The van der Waals surface area contributed by atoms with E-state index in [1.807, 2.05) is 52.4 Å². The maximum absolute atomic E-state index is 14.5. The van der Waals surface area contributed by atoms with E-state index in [4.69, 9.17) is 9.73 Å². The standard InChI is InChI=1S/C36H49N5O5S2/c1-26-34(31-16-7-6-14-29(31)24-37)46-36(39-26)40-20-21-41(32(25-40)33(42)18-17-30-15-10-22-47-30)35(43)28(23-27-11-4-3-5-12-27)13-8-9-19-38-48(2,44)45/h6-7,10,14-16,22,26-28,32,34,38H,3-5,8-9,11-13,17-21,23,25H2,1-2H3/t26-,28-,32-,34+/m0/s1. The zero-order valence-electron chi connectivity index (χ0n) is 28.2. The molecule has 0 spiro atoms. The van der Waals surface area contributed by atoms with Crippen molar-refractivity contribution in [1.82, 2.24) is 14.5 Å². The van der Waals surface area contributed by atoms with Gasteiger partial charge >= 0.3 is 0 Å². The minimum atomic E-state index is -3.26. The molecule has 1 aromatic carbocycles. The first-order valence-electron chi connectivity index (χ1n) is 17.4. The Bertz CT molecular complexity index is 1560. The molecule has 1 saturated heterocycles. The number of aryl methyl sites for hydroxylation is 1. The molecule has 2 aliphatic heterocycles. The zero-order valence-corrected chi connectivity index (χ0v) is 29.8. The fourth-order valence-corrected chi connectivity index (χ4v) is 8.57. The van der Waals surface area contributed by atoms with Gasteiger partial charge in [0, 0.05) is 49.0 Å². The highest BCUT2D eigenvalue weighted by Crippen LogP contribution is 2.35. The summed E-state index contributed by atoms with van der Waals surface area (Å²) in [5, 5.41) is 11.7. The summed E-state index contributed by atoms with van der Waals surface area (Å²) >= 11 is 1.63. The van der Waals surface area contributed by atoms with Crippen LogP contribution in [-0.2, 0) is 30.8 Å². The Hall–Kier alpha value is -3.27. The normalized spacial score (nSPS) is 22.5. The lowest BCUT2D eigenvalue weighted by Gasteiger charge is -2.42. The van der Waals surface area contributed by atoms with Crippen LogP contribution in [0.1, 0.15) is 93.2 Å². The molecule has 260 valence electrons. The molecule has 1 aromatic heterocycles. The summed E-state index contributed by atoms with van der Waals surface area (Å²) in [5.74, 6) is 0.354. The quantitative estimate of drug-likeness (QED) is 0.260. The number of amides is 1. The summed E-state index contributed by atoms with van der Waals surface area (Å²) in [6, 6.07) is 13.3. The van der Waals surface area contributed by atoms with Crippen molar-refractivity contribution in [2.45, 2.75) is 95.7 Å². The van der Waals surface area contributed by atoms with E-state index < -0.39 is 22.2 Å². The Morgan fingerprint density at radius 2 is 1.92 bits per heavy atom. The van der Waals surface area contributed by atoms with Gasteiger partial charge in [-0.25, -0.2) is 18.1 Å². The number of hydrogen-bond acceptors (Lipinski definition) is 9. The Labute approximate surface area is 289 Å². The maximum atomic E-state index is 14.5. The van der Waals surface area contributed by atoms with E-state index >= 15 is 0 Å². The third-order valence-corrected chi connectivity index (χ3v) is 11.6. The molecule has 4 atom stereocenters. The van der Waals surface area contributed by atoms with Crippen LogP contribution in [0.3, 0.4) is 0 Å². The second-order valence-electron chi connectivity index (χ2n) is 13.5. The number of unbranched alkanes of at least 4 members (excludes halogenated alkanes) is 1. The predicted molar refractivity (Wildman–Crippen MR) is 188 cm³/mol. The minimum absolute atomic E-state index is 0.0354. The number of rotatable bonds is 14. The van der Waals surface area contributed by atoms with Crippen LogP contribution < -0.4 is 4.72 Å². The van der Waals surface area contributed by atoms with Crippen LogP contribution in [0.5, 0.6) is 0 Å². The predicted octanol–water partition coefficient (Wildman–Crippen LogP) is 5.46. The maximum Gasteiger partial charge on any atom is 0.288 e. The van der Waals surface area contributed by atoms with Crippen molar-refractivity contribution in [3.8, 4) is 6.07 Å². The SMILES string of the molecule is C[C@@H]1N=C(N2CCN(C(=O)[C@@H](CCCCNS(C)(=O)=O)CC3CCCCC3)[C@H](C(=O)CCc3cccs3)C2)O[C@H]1c1ccccc1C#N. The Morgan fingerprint density at radius 3 is 2.65 bits per heavy atom. The fraction of sp³-hybridized carbons (Fsp3) is 0.611. The monoisotopic (exact) mass is 695 g/mol. The van der Waals surface area contributed by atoms with Gasteiger partial charge in [0.05, 0.1) is 23.9 Å². The molecular formula is C36H49N5O5S2. The number of benzene rings is 1. The summed E-state index contributed by atoms with van der Waals surface area (Å²) in [5.41, 5.74) is 1.35. The molecule has 12 heteroatoms. The number of nitrogens with one attached hydrogen (secondary N) is 1. The number of piperazine rings is 1. The van der Waals surface area contributed by atoms with Gasteiger partial charge in [0.15, 0.2) is 11.9 Å². The number of carbonyl (C=O) groups excluding carboxylic acids is 2. The molecule has 3 heterocycles. The van der Waals surface area contributed by atoms with Gasteiger partial charge < -0.3 is 14.5 Å². The van der Waals surface area contributed by atoms with Crippen LogP contribution >= 0.6 is 11.3 Å². The lowest BCUT2D eigenvalue weighted by Crippen LogP contribution is -2.60. The van der Waals surface area contributed by atoms with Crippen LogP contribution in [-0.4, -0.2) is 80.4 Å². The summed E-state index contributed by atoms with van der Waals surface area (Å²) in [6.07, 6.45) is 10.5. The number of thiophene rings is 1. The summed E-state index contributed by atoms with van der Waals surface area (Å²) < 4.78 is 32.1. The summed E-state index contributed by atoms with van der Waals surface area (Å²) in [6.45, 7) is 3.51. The van der Waals surface area contributed by atoms with Gasteiger partial charge in [0.25, 0.3) is 6.02 Å². The molecule has 0 radical (unpaired) electrons. The van der Waals surface area contributed by atoms with E-state index in [1.165, 1.54) is 19.3 Å². The molecule has 2 aromatic rings. The Balaban J connectivity index is 1.32. The molecule has 0 unspecified atom stereocenters. The number of carbonyl (C=O) groups is 2. The first kappa shape index (κ1) is 36.0. The first-order valence-corrected chi connectivity index (χ1v) is 20.2. The number of Topliss-reactive ketones (excluding diaryl/α,β-unsaturated/α-hetero) is 1. The number of amidine groups is 1. The smallest absolute Gasteiger partial charge is 0.288 e. The fourth-order valence-electron chi connectivity index (χ4n) is 7.35. The lowest BCUT2D eigenvalue weighted by molar-refractivity contribution is -0.146. The minimum Gasteiger partial charge on any atom is -0.455 e. The molecule has 2 fully saturated rings. The molecule has 1 N–H and O–H groups in total. The molecule has 1 saturated carbocycles. The largest absolute Gasteiger partial charge is 0.455 e. The van der Waals surface area contributed by atoms with E-state index in [9.17, 15) is 23.3 Å². The topological polar surface area (TPSA) is 132 Å². The number of nitrogens with zero attached hydrogens (tertiary/aromatic N) is 4. The first-order chi connectivity index (χ1) is 23.1. The van der Waals surface area contributed by atoms with Gasteiger partial charge in [-0.15, -0.1) is 11.3 Å². The Morgan fingerprint density at radius 1 is 1.12 bits per heavy atom. The molecule has 0 bridgehead atoms. The second-order valence-corrected chi connectivity index (χ2v) is 16.4. The van der Waals surface area contributed by atoms with Crippen molar-refractivity contribution < 1.29 is 22.7 Å². The van der Waals surface area contributed by atoms with Crippen LogP contribution in [0, 0.1) is 23.2 Å². The van der Waals surface area contributed by atoms with Gasteiger partial charge in [0.1, 0.15) is 6.04 Å². The highest BCUT2D eigenvalue weighted by Gasteiger charge is 2.41. The molecule has 5 rings (SSSR count). The molecule has 1 amide bonds. The van der Waals surface area contributed by atoms with Gasteiger partial charge in [0.2, 0.25) is 15.9 Å². The van der Waals surface area contributed by atoms with Crippen LogP contribution in [0.15, 0.2) is 46.8 Å².